The van der Waals surface area contributed by atoms with Crippen LogP contribution in [0.4, 0.5) is 0 Å². The van der Waals surface area contributed by atoms with Crippen LogP contribution in [-0.4, -0.2) is 17.0 Å². The van der Waals surface area contributed by atoms with Crippen molar-refractivity contribution in [3.05, 3.63) is 36.0 Å². The van der Waals surface area contributed by atoms with Crippen molar-refractivity contribution in [2.24, 2.45) is 5.73 Å². The molecule has 0 saturated carbocycles. The average Bonchev–Trinajstić information content (AvgIpc) is 2.73. The molecule has 0 bridgehead atoms. The lowest BCUT2D eigenvalue weighted by atomic mass is 10.1. The number of esters is 1. The van der Waals surface area contributed by atoms with Gasteiger partial charge >= 0.3 is 5.97 Å². The standard InChI is InChI=1S/C12H11N3O2/c13-7-17-12(16)10(14)5-8-6-15-11-4-2-1-3-9(8)11/h1-4,6,10,15H,5,14H2/t10-/m0/s1. The number of rotatable bonds is 3. The third-order valence-corrected chi connectivity index (χ3v) is 2.56. The Morgan fingerprint density at radius 2 is 2.29 bits per heavy atom. The molecule has 2 rings (SSSR count). The van der Waals surface area contributed by atoms with E-state index in [2.05, 4.69) is 9.72 Å². The first-order valence-corrected chi connectivity index (χ1v) is 5.12. The van der Waals surface area contributed by atoms with Gasteiger partial charge in [0.25, 0.3) is 6.26 Å². The van der Waals surface area contributed by atoms with Gasteiger partial charge in [-0.15, -0.1) is 5.26 Å². The summed E-state index contributed by atoms with van der Waals surface area (Å²) in [5, 5.41) is 9.25. The maximum absolute atomic E-state index is 11.2. The van der Waals surface area contributed by atoms with Gasteiger partial charge < -0.3 is 15.5 Å². The number of fused-ring (bicyclic) bond motifs is 1. The second-order valence-electron chi connectivity index (χ2n) is 3.68. The molecule has 1 aromatic heterocycles. The van der Waals surface area contributed by atoms with E-state index in [4.69, 9.17) is 11.0 Å². The molecule has 1 atom stereocenters. The maximum atomic E-state index is 11.2. The largest absolute Gasteiger partial charge is 0.361 e. The highest BCUT2D eigenvalue weighted by Gasteiger charge is 2.17. The Morgan fingerprint density at radius 3 is 3.06 bits per heavy atom. The number of nitrogens with zero attached hydrogens (tertiary/aromatic N) is 1. The number of aromatic amines is 1. The Labute approximate surface area is 97.8 Å². The van der Waals surface area contributed by atoms with Gasteiger partial charge in [0.1, 0.15) is 6.04 Å². The van der Waals surface area contributed by atoms with Crippen molar-refractivity contribution in [3.63, 3.8) is 0 Å². The van der Waals surface area contributed by atoms with E-state index in [0.29, 0.717) is 6.42 Å². The zero-order chi connectivity index (χ0) is 12.3. The number of nitrogens with one attached hydrogen (secondary N) is 1. The normalized spacial score (nSPS) is 12.0. The number of H-pyrrole nitrogens is 1. The lowest BCUT2D eigenvalue weighted by Gasteiger charge is -2.06. The first-order chi connectivity index (χ1) is 8.22. The third-order valence-electron chi connectivity index (χ3n) is 2.56. The molecule has 3 N–H and O–H groups in total. The van der Waals surface area contributed by atoms with E-state index in [9.17, 15) is 4.79 Å². The molecule has 0 radical (unpaired) electrons. The fraction of sp³-hybridized carbons (Fsp3) is 0.167. The van der Waals surface area contributed by atoms with Crippen molar-refractivity contribution in [2.75, 3.05) is 0 Å². The Kier molecular flexibility index (Phi) is 3.08. The van der Waals surface area contributed by atoms with Crippen LogP contribution in [0, 0.1) is 11.5 Å². The van der Waals surface area contributed by atoms with Crippen molar-refractivity contribution < 1.29 is 9.53 Å². The van der Waals surface area contributed by atoms with Gasteiger partial charge in [-0.3, -0.25) is 0 Å². The number of nitriles is 1. The average molecular weight is 229 g/mol. The van der Waals surface area contributed by atoms with Crippen LogP contribution in [0.2, 0.25) is 0 Å². The smallest absolute Gasteiger partial charge is 0.338 e. The molecule has 5 heteroatoms. The number of hydrogen-bond donors (Lipinski definition) is 2. The van der Waals surface area contributed by atoms with Crippen LogP contribution in [0.25, 0.3) is 10.9 Å². The monoisotopic (exact) mass is 229 g/mol. The van der Waals surface area contributed by atoms with Gasteiger partial charge in [0, 0.05) is 23.5 Å². The molecule has 0 saturated heterocycles. The summed E-state index contributed by atoms with van der Waals surface area (Å²) in [5.41, 5.74) is 7.57. The highest BCUT2D eigenvalue weighted by Crippen LogP contribution is 2.18. The minimum absolute atomic E-state index is 0.338. The number of benzene rings is 1. The van der Waals surface area contributed by atoms with Crippen LogP contribution in [0.15, 0.2) is 30.5 Å². The number of aromatic nitrogens is 1. The second kappa shape index (κ2) is 4.68. The van der Waals surface area contributed by atoms with Crippen LogP contribution in [-0.2, 0) is 16.0 Å². The summed E-state index contributed by atoms with van der Waals surface area (Å²) in [6.45, 7) is 0. The van der Waals surface area contributed by atoms with Crippen LogP contribution in [0.3, 0.4) is 0 Å². The number of ether oxygens (including phenoxy) is 1. The van der Waals surface area contributed by atoms with Crippen molar-refractivity contribution in [1.29, 1.82) is 5.26 Å². The fourth-order valence-corrected chi connectivity index (χ4v) is 1.74. The van der Waals surface area contributed by atoms with E-state index in [-0.39, 0.29) is 0 Å². The van der Waals surface area contributed by atoms with Crippen LogP contribution in [0.5, 0.6) is 0 Å². The molecule has 5 nitrogen and oxygen atoms in total. The number of nitrogens with two attached hydrogens (primary N) is 1. The Hall–Kier alpha value is -2.32. The van der Waals surface area contributed by atoms with Gasteiger partial charge in [-0.05, 0) is 11.6 Å². The van der Waals surface area contributed by atoms with E-state index in [0.717, 1.165) is 16.5 Å². The molecule has 1 heterocycles. The Bertz CT molecular complexity index is 583. The molecule has 0 unspecified atom stereocenters. The SMILES string of the molecule is N#COC(=O)[C@@H](N)Cc1c[nH]c2ccccc12. The van der Waals surface area contributed by atoms with Crippen molar-refractivity contribution in [1.82, 2.24) is 4.98 Å². The van der Waals surface area contributed by atoms with E-state index in [1.54, 1.807) is 0 Å². The molecule has 0 fully saturated rings. The molecule has 17 heavy (non-hydrogen) atoms. The molecule has 2 aromatic rings. The molecule has 0 aliphatic carbocycles. The first-order valence-electron chi connectivity index (χ1n) is 5.12. The van der Waals surface area contributed by atoms with Gasteiger partial charge in [-0.25, -0.2) is 4.79 Å². The Balaban J connectivity index is 2.19. The van der Waals surface area contributed by atoms with Gasteiger partial charge in [-0.1, -0.05) is 18.2 Å². The molecule has 1 aromatic carbocycles. The molecule has 0 amide bonds. The van der Waals surface area contributed by atoms with E-state index >= 15 is 0 Å². The summed E-state index contributed by atoms with van der Waals surface area (Å²) in [4.78, 5) is 14.3. The minimum atomic E-state index is -0.825. The molecule has 0 aliphatic heterocycles. The Morgan fingerprint density at radius 1 is 1.53 bits per heavy atom. The van der Waals surface area contributed by atoms with Crippen LogP contribution >= 0.6 is 0 Å². The van der Waals surface area contributed by atoms with E-state index in [1.807, 2.05) is 30.5 Å². The zero-order valence-corrected chi connectivity index (χ0v) is 9.01. The number of carbonyl (C=O) groups is 1. The number of para-hydroxylation sites is 1. The highest BCUT2D eigenvalue weighted by atomic mass is 16.5. The van der Waals surface area contributed by atoms with Crippen LogP contribution < -0.4 is 5.73 Å². The summed E-state index contributed by atoms with van der Waals surface area (Å²) in [6, 6.07) is 6.90. The highest BCUT2D eigenvalue weighted by molar-refractivity contribution is 5.84. The number of hydrogen-bond acceptors (Lipinski definition) is 4. The summed E-state index contributed by atoms with van der Waals surface area (Å²) in [6.07, 6.45) is 3.48. The minimum Gasteiger partial charge on any atom is -0.361 e. The lowest BCUT2D eigenvalue weighted by molar-refractivity contribution is -0.138. The predicted molar refractivity (Wildman–Crippen MR) is 61.7 cm³/mol. The van der Waals surface area contributed by atoms with Gasteiger partial charge in [0.05, 0.1) is 0 Å². The van der Waals surface area contributed by atoms with Gasteiger partial charge in [0.2, 0.25) is 0 Å². The lowest BCUT2D eigenvalue weighted by Crippen LogP contribution is -2.33. The quantitative estimate of drug-likeness (QED) is 0.608. The third kappa shape index (κ3) is 2.27. The summed E-state index contributed by atoms with van der Waals surface area (Å²) in [7, 11) is 0. The van der Waals surface area contributed by atoms with E-state index < -0.39 is 12.0 Å². The van der Waals surface area contributed by atoms with Crippen LogP contribution in [0.1, 0.15) is 5.56 Å². The molecular weight excluding hydrogens is 218 g/mol. The first kappa shape index (κ1) is 11.2. The predicted octanol–water partition coefficient (Wildman–Crippen LogP) is 1.06. The van der Waals surface area contributed by atoms with Crippen molar-refractivity contribution >= 4 is 16.9 Å². The summed E-state index contributed by atoms with van der Waals surface area (Å²) < 4.78 is 4.20. The number of carbonyl (C=O) groups excluding carboxylic acids is 1. The molecule has 0 spiro atoms. The molecular formula is C12H11N3O2. The fourth-order valence-electron chi connectivity index (χ4n) is 1.74. The van der Waals surface area contributed by atoms with E-state index in [1.165, 1.54) is 6.26 Å². The second-order valence-corrected chi connectivity index (χ2v) is 3.68. The summed E-state index contributed by atoms with van der Waals surface area (Å²) in [5.74, 6) is -0.710. The van der Waals surface area contributed by atoms with Crippen molar-refractivity contribution in [3.8, 4) is 6.26 Å². The zero-order valence-electron chi connectivity index (χ0n) is 9.01. The maximum Gasteiger partial charge on any atom is 0.338 e. The van der Waals surface area contributed by atoms with Crippen molar-refractivity contribution in [2.45, 2.75) is 12.5 Å². The molecule has 86 valence electrons. The topological polar surface area (TPSA) is 91.9 Å². The van der Waals surface area contributed by atoms with Gasteiger partial charge in [-0.2, -0.15) is 0 Å². The molecule has 0 aliphatic rings. The van der Waals surface area contributed by atoms with Gasteiger partial charge in [0.15, 0.2) is 0 Å². The summed E-state index contributed by atoms with van der Waals surface area (Å²) >= 11 is 0.